The summed E-state index contributed by atoms with van der Waals surface area (Å²) < 4.78 is 4.90. The predicted octanol–water partition coefficient (Wildman–Crippen LogP) is 2.07. The first kappa shape index (κ1) is 21.8. The molecule has 0 spiro atoms. The van der Waals surface area contributed by atoms with Crippen LogP contribution in [0.1, 0.15) is 31.9 Å². The monoisotopic (exact) mass is 390 g/mol. The van der Waals surface area contributed by atoms with Crippen molar-refractivity contribution >= 4 is 41.8 Å². The van der Waals surface area contributed by atoms with E-state index in [0.29, 0.717) is 23.4 Å². The number of hydrogen-bond acceptors (Lipinski definition) is 6. The maximum absolute atomic E-state index is 12.5. The van der Waals surface area contributed by atoms with Crippen LogP contribution in [0.4, 0.5) is 5.82 Å². The van der Waals surface area contributed by atoms with Gasteiger partial charge in [0.2, 0.25) is 11.8 Å². The molecule has 25 heavy (non-hydrogen) atoms. The second-order valence-electron chi connectivity index (χ2n) is 5.93. The van der Waals surface area contributed by atoms with Gasteiger partial charge in [-0.2, -0.15) is 0 Å². The van der Waals surface area contributed by atoms with Gasteiger partial charge in [-0.3, -0.25) is 9.59 Å². The third-order valence-electron chi connectivity index (χ3n) is 3.89. The molecule has 1 aliphatic heterocycles. The molecule has 0 aliphatic carbocycles. The van der Waals surface area contributed by atoms with E-state index in [-0.39, 0.29) is 30.0 Å². The van der Waals surface area contributed by atoms with Gasteiger partial charge in [-0.1, -0.05) is 12.1 Å². The zero-order chi connectivity index (χ0) is 17.4. The van der Waals surface area contributed by atoms with E-state index in [1.54, 1.807) is 13.0 Å². The van der Waals surface area contributed by atoms with Crippen LogP contribution in [0.3, 0.4) is 0 Å². The molecule has 7 nitrogen and oxygen atoms in total. The van der Waals surface area contributed by atoms with Gasteiger partial charge < -0.3 is 20.1 Å². The van der Waals surface area contributed by atoms with Gasteiger partial charge in [0, 0.05) is 18.7 Å². The summed E-state index contributed by atoms with van der Waals surface area (Å²) in [5.74, 6) is 1.56. The van der Waals surface area contributed by atoms with Gasteiger partial charge in [-0.25, -0.2) is 0 Å². The lowest BCUT2D eigenvalue weighted by molar-refractivity contribution is -0.131. The highest BCUT2D eigenvalue weighted by molar-refractivity contribution is 8.00. The van der Waals surface area contributed by atoms with Gasteiger partial charge in [-0.05, 0) is 39.3 Å². The standard InChI is InChI=1S/C16H26N4O3S.ClH/c1-3-8-20(13-4-6-17-7-5-13)16(22)11-24-10-15(21)18-14-9-12(2)23-19-14;/h9,13,17H,3-8,10-11H2,1-2H3,(H,18,19,21);1H. The summed E-state index contributed by atoms with van der Waals surface area (Å²) in [6.45, 7) is 6.56. The number of piperidine rings is 1. The molecule has 0 aromatic carbocycles. The van der Waals surface area contributed by atoms with E-state index in [0.717, 1.165) is 38.9 Å². The Hall–Kier alpha value is -1.25. The van der Waals surface area contributed by atoms with E-state index in [2.05, 4.69) is 22.7 Å². The van der Waals surface area contributed by atoms with Crippen molar-refractivity contribution in [1.29, 1.82) is 0 Å². The number of carbonyl (C=O) groups excluding carboxylic acids is 2. The van der Waals surface area contributed by atoms with Crippen molar-refractivity contribution in [3.8, 4) is 0 Å². The predicted molar refractivity (Wildman–Crippen MR) is 102 cm³/mol. The minimum Gasteiger partial charge on any atom is -0.360 e. The molecule has 142 valence electrons. The summed E-state index contributed by atoms with van der Waals surface area (Å²) in [6.07, 6.45) is 2.96. The number of aryl methyl sites for hydroxylation is 1. The zero-order valence-corrected chi connectivity index (χ0v) is 16.4. The van der Waals surface area contributed by atoms with Crippen molar-refractivity contribution < 1.29 is 14.1 Å². The highest BCUT2D eigenvalue weighted by atomic mass is 35.5. The molecule has 0 saturated carbocycles. The Morgan fingerprint density at radius 3 is 2.72 bits per heavy atom. The fraction of sp³-hybridized carbons (Fsp3) is 0.688. The number of aromatic nitrogens is 1. The van der Waals surface area contributed by atoms with Crippen molar-refractivity contribution in [3.05, 3.63) is 11.8 Å². The van der Waals surface area contributed by atoms with Gasteiger partial charge in [-0.15, -0.1) is 24.2 Å². The highest BCUT2D eigenvalue weighted by Gasteiger charge is 2.24. The topological polar surface area (TPSA) is 87.5 Å². The van der Waals surface area contributed by atoms with Gasteiger partial charge in [0.1, 0.15) is 5.76 Å². The van der Waals surface area contributed by atoms with E-state index in [1.165, 1.54) is 11.8 Å². The first-order valence-electron chi connectivity index (χ1n) is 8.41. The van der Waals surface area contributed by atoms with Crippen LogP contribution < -0.4 is 10.6 Å². The van der Waals surface area contributed by atoms with Crippen molar-refractivity contribution in [1.82, 2.24) is 15.4 Å². The summed E-state index contributed by atoms with van der Waals surface area (Å²) in [6, 6.07) is 1.99. The Kier molecular flexibility index (Phi) is 9.92. The number of carbonyl (C=O) groups is 2. The van der Waals surface area contributed by atoms with Crippen LogP contribution in [0.25, 0.3) is 0 Å². The van der Waals surface area contributed by atoms with E-state index in [9.17, 15) is 9.59 Å². The van der Waals surface area contributed by atoms with Crippen LogP contribution in [0.15, 0.2) is 10.6 Å². The van der Waals surface area contributed by atoms with Gasteiger partial charge in [0.25, 0.3) is 0 Å². The van der Waals surface area contributed by atoms with Gasteiger partial charge in [0.15, 0.2) is 5.82 Å². The fourth-order valence-electron chi connectivity index (χ4n) is 2.79. The summed E-state index contributed by atoms with van der Waals surface area (Å²) in [5, 5.41) is 9.70. The van der Waals surface area contributed by atoms with Crippen molar-refractivity contribution in [2.24, 2.45) is 0 Å². The first-order valence-corrected chi connectivity index (χ1v) is 9.56. The second kappa shape index (κ2) is 11.4. The largest absolute Gasteiger partial charge is 0.360 e. The molecule has 0 radical (unpaired) electrons. The molecule has 0 atom stereocenters. The number of hydrogen-bond donors (Lipinski definition) is 2. The molecule has 0 unspecified atom stereocenters. The molecule has 2 N–H and O–H groups in total. The summed E-state index contributed by atoms with van der Waals surface area (Å²) >= 11 is 1.34. The summed E-state index contributed by atoms with van der Waals surface area (Å²) in [7, 11) is 0. The highest BCUT2D eigenvalue weighted by Crippen LogP contribution is 2.15. The Balaban J connectivity index is 0.00000312. The quantitative estimate of drug-likeness (QED) is 0.706. The molecule has 2 heterocycles. The summed E-state index contributed by atoms with van der Waals surface area (Å²) in [4.78, 5) is 26.3. The molecule has 1 aromatic rings. The van der Waals surface area contributed by atoms with Crippen LogP contribution in [-0.4, -0.2) is 59.1 Å². The molecule has 1 aromatic heterocycles. The molecule has 1 aliphatic rings. The minimum absolute atomic E-state index is 0. The SMILES string of the molecule is CCCN(C(=O)CSCC(=O)Nc1cc(C)on1)C1CCNCC1.Cl. The Morgan fingerprint density at radius 1 is 1.40 bits per heavy atom. The zero-order valence-electron chi connectivity index (χ0n) is 14.7. The molecule has 1 saturated heterocycles. The normalized spacial score (nSPS) is 14.6. The first-order chi connectivity index (χ1) is 11.6. The van der Waals surface area contributed by atoms with Crippen molar-refractivity contribution in [2.45, 2.75) is 39.2 Å². The number of anilines is 1. The van der Waals surface area contributed by atoms with Crippen LogP contribution in [0.5, 0.6) is 0 Å². The Labute approximate surface area is 159 Å². The van der Waals surface area contributed by atoms with Crippen LogP contribution in [-0.2, 0) is 9.59 Å². The number of halogens is 1. The van der Waals surface area contributed by atoms with Crippen molar-refractivity contribution in [3.63, 3.8) is 0 Å². The van der Waals surface area contributed by atoms with E-state index in [1.807, 2.05) is 4.90 Å². The van der Waals surface area contributed by atoms with E-state index >= 15 is 0 Å². The Bertz CT molecular complexity index is 549. The average molecular weight is 391 g/mol. The lowest BCUT2D eigenvalue weighted by atomic mass is 10.0. The molecule has 2 rings (SSSR count). The maximum Gasteiger partial charge on any atom is 0.235 e. The van der Waals surface area contributed by atoms with Crippen molar-refractivity contribution in [2.75, 3.05) is 36.5 Å². The van der Waals surface area contributed by atoms with E-state index < -0.39 is 0 Å². The number of thioether (sulfide) groups is 1. The number of nitrogens with zero attached hydrogens (tertiary/aromatic N) is 2. The van der Waals surface area contributed by atoms with Gasteiger partial charge in [0.05, 0.1) is 11.5 Å². The minimum atomic E-state index is -0.176. The van der Waals surface area contributed by atoms with Crippen LogP contribution in [0, 0.1) is 6.92 Å². The van der Waals surface area contributed by atoms with Crippen LogP contribution in [0.2, 0.25) is 0 Å². The maximum atomic E-state index is 12.5. The Morgan fingerprint density at radius 2 is 2.12 bits per heavy atom. The molecular weight excluding hydrogens is 364 g/mol. The molecular formula is C16H27ClN4O3S. The molecule has 0 bridgehead atoms. The average Bonchev–Trinajstić information content (AvgIpc) is 2.98. The molecule has 9 heteroatoms. The second-order valence-corrected chi connectivity index (χ2v) is 6.92. The third-order valence-corrected chi connectivity index (χ3v) is 4.81. The van der Waals surface area contributed by atoms with Crippen LogP contribution >= 0.6 is 24.2 Å². The number of amides is 2. The lowest BCUT2D eigenvalue weighted by Gasteiger charge is -2.34. The molecule has 1 fully saturated rings. The smallest absolute Gasteiger partial charge is 0.235 e. The number of rotatable bonds is 8. The third kappa shape index (κ3) is 7.25. The molecule has 2 amide bonds. The number of nitrogens with one attached hydrogen (secondary N) is 2. The lowest BCUT2D eigenvalue weighted by Crippen LogP contribution is -2.47. The fourth-order valence-corrected chi connectivity index (χ4v) is 3.49. The van der Waals surface area contributed by atoms with E-state index in [4.69, 9.17) is 4.52 Å². The summed E-state index contributed by atoms with van der Waals surface area (Å²) in [5.41, 5.74) is 0. The van der Waals surface area contributed by atoms with Gasteiger partial charge >= 0.3 is 0 Å².